The standard InChI is InChI=1S/C15H17NO5/c1-8-11(14(17)19-3)13(10-6-5-7-21-10)12(9(2)16-8)15(18)20-4/h5-7,13,16H,1-4H3. The first-order chi connectivity index (χ1) is 10.0. The van der Waals surface area contributed by atoms with E-state index in [1.54, 1.807) is 26.0 Å². The molecule has 0 saturated carbocycles. The average molecular weight is 291 g/mol. The summed E-state index contributed by atoms with van der Waals surface area (Å²) in [4.78, 5) is 24.2. The first kappa shape index (κ1) is 14.9. The number of carbonyl (C=O) groups is 2. The number of methoxy groups -OCH3 is 2. The van der Waals surface area contributed by atoms with E-state index in [9.17, 15) is 9.59 Å². The van der Waals surface area contributed by atoms with Crippen LogP contribution in [0, 0.1) is 0 Å². The SMILES string of the molecule is COC(=O)C1=C(C)NC(C)=C(C(=O)OC)C1c1ccco1. The molecule has 0 aliphatic carbocycles. The molecule has 1 N–H and O–H groups in total. The van der Waals surface area contributed by atoms with Gasteiger partial charge in [-0.25, -0.2) is 9.59 Å². The largest absolute Gasteiger partial charge is 0.468 e. The van der Waals surface area contributed by atoms with Gasteiger partial charge >= 0.3 is 11.9 Å². The van der Waals surface area contributed by atoms with Gasteiger partial charge in [0.2, 0.25) is 0 Å². The molecule has 21 heavy (non-hydrogen) atoms. The number of rotatable bonds is 3. The highest BCUT2D eigenvalue weighted by Crippen LogP contribution is 2.39. The van der Waals surface area contributed by atoms with Crippen molar-refractivity contribution in [2.75, 3.05) is 14.2 Å². The Kier molecular flexibility index (Phi) is 4.16. The molecule has 0 atom stereocenters. The summed E-state index contributed by atoms with van der Waals surface area (Å²) >= 11 is 0. The molecule has 1 aromatic heterocycles. The van der Waals surface area contributed by atoms with Crippen molar-refractivity contribution >= 4 is 11.9 Å². The molecule has 2 heterocycles. The molecule has 1 aliphatic heterocycles. The Bertz CT molecular complexity index is 586. The van der Waals surface area contributed by atoms with Gasteiger partial charge in [-0.1, -0.05) is 0 Å². The van der Waals surface area contributed by atoms with Gasteiger partial charge in [0.15, 0.2) is 0 Å². The minimum Gasteiger partial charge on any atom is -0.468 e. The third kappa shape index (κ3) is 2.56. The third-order valence-electron chi connectivity index (χ3n) is 3.40. The number of allylic oxidation sites excluding steroid dienone is 2. The van der Waals surface area contributed by atoms with E-state index in [2.05, 4.69) is 5.32 Å². The summed E-state index contributed by atoms with van der Waals surface area (Å²) in [6.45, 7) is 3.50. The van der Waals surface area contributed by atoms with Crippen LogP contribution in [0.3, 0.4) is 0 Å². The number of furan rings is 1. The van der Waals surface area contributed by atoms with Gasteiger partial charge in [0.05, 0.1) is 37.5 Å². The molecule has 0 bridgehead atoms. The van der Waals surface area contributed by atoms with E-state index in [1.165, 1.54) is 20.5 Å². The van der Waals surface area contributed by atoms with Crippen LogP contribution in [0.1, 0.15) is 25.5 Å². The van der Waals surface area contributed by atoms with Gasteiger partial charge in [-0.15, -0.1) is 0 Å². The summed E-state index contributed by atoms with van der Waals surface area (Å²) in [5, 5.41) is 3.02. The summed E-state index contributed by atoms with van der Waals surface area (Å²) in [7, 11) is 2.59. The number of esters is 2. The highest BCUT2D eigenvalue weighted by atomic mass is 16.5. The number of hydrogen-bond acceptors (Lipinski definition) is 6. The second-order valence-corrected chi connectivity index (χ2v) is 4.63. The topological polar surface area (TPSA) is 77.8 Å². The molecule has 0 amide bonds. The maximum absolute atomic E-state index is 12.1. The van der Waals surface area contributed by atoms with E-state index in [-0.39, 0.29) is 0 Å². The van der Waals surface area contributed by atoms with E-state index < -0.39 is 17.9 Å². The van der Waals surface area contributed by atoms with Gasteiger partial charge in [-0.05, 0) is 26.0 Å². The lowest BCUT2D eigenvalue weighted by atomic mass is 9.83. The second-order valence-electron chi connectivity index (χ2n) is 4.63. The van der Waals surface area contributed by atoms with Crippen molar-refractivity contribution in [3.05, 3.63) is 46.7 Å². The van der Waals surface area contributed by atoms with Crippen molar-refractivity contribution in [1.82, 2.24) is 5.32 Å². The van der Waals surface area contributed by atoms with Gasteiger partial charge in [-0.3, -0.25) is 0 Å². The summed E-state index contributed by atoms with van der Waals surface area (Å²) in [5.41, 5.74) is 1.90. The fourth-order valence-corrected chi connectivity index (χ4v) is 2.50. The molecule has 0 unspecified atom stereocenters. The van der Waals surface area contributed by atoms with Crippen LogP contribution in [0.15, 0.2) is 45.4 Å². The lowest BCUT2D eigenvalue weighted by Gasteiger charge is -2.28. The van der Waals surface area contributed by atoms with Gasteiger partial charge in [0, 0.05) is 11.4 Å². The molecule has 2 rings (SSSR count). The minimum absolute atomic E-state index is 0.332. The Hall–Kier alpha value is -2.50. The third-order valence-corrected chi connectivity index (χ3v) is 3.40. The van der Waals surface area contributed by atoms with Crippen LogP contribution in [-0.4, -0.2) is 26.2 Å². The van der Waals surface area contributed by atoms with Crippen LogP contribution in [-0.2, 0) is 19.1 Å². The maximum atomic E-state index is 12.1. The van der Waals surface area contributed by atoms with Crippen LogP contribution in [0.25, 0.3) is 0 Å². The Labute approximate surface area is 122 Å². The Morgan fingerprint density at radius 2 is 1.62 bits per heavy atom. The van der Waals surface area contributed by atoms with E-state index in [4.69, 9.17) is 13.9 Å². The molecular weight excluding hydrogens is 274 g/mol. The molecule has 112 valence electrons. The number of dihydropyridines is 1. The van der Waals surface area contributed by atoms with E-state index in [0.717, 1.165) is 0 Å². The average Bonchev–Trinajstić information content (AvgIpc) is 2.99. The zero-order chi connectivity index (χ0) is 15.6. The highest BCUT2D eigenvalue weighted by Gasteiger charge is 2.39. The summed E-state index contributed by atoms with van der Waals surface area (Å²) in [6.07, 6.45) is 1.49. The molecule has 6 heteroatoms. The van der Waals surface area contributed by atoms with Crippen molar-refractivity contribution in [3.8, 4) is 0 Å². The molecule has 0 fully saturated rings. The van der Waals surface area contributed by atoms with Crippen LogP contribution in [0.2, 0.25) is 0 Å². The number of ether oxygens (including phenoxy) is 2. The molecular formula is C15H17NO5. The molecule has 6 nitrogen and oxygen atoms in total. The zero-order valence-electron chi connectivity index (χ0n) is 12.4. The zero-order valence-corrected chi connectivity index (χ0v) is 12.4. The van der Waals surface area contributed by atoms with Crippen molar-refractivity contribution in [2.45, 2.75) is 19.8 Å². The number of nitrogens with one attached hydrogen (secondary N) is 1. The van der Waals surface area contributed by atoms with E-state index in [1.807, 2.05) is 0 Å². The van der Waals surface area contributed by atoms with Gasteiger partial charge in [-0.2, -0.15) is 0 Å². The molecule has 0 aromatic carbocycles. The van der Waals surface area contributed by atoms with Crippen molar-refractivity contribution in [3.63, 3.8) is 0 Å². The van der Waals surface area contributed by atoms with E-state index >= 15 is 0 Å². The van der Waals surface area contributed by atoms with Gasteiger partial charge in [0.1, 0.15) is 5.76 Å². The monoisotopic (exact) mass is 291 g/mol. The van der Waals surface area contributed by atoms with Crippen LogP contribution >= 0.6 is 0 Å². The number of carbonyl (C=O) groups excluding carboxylic acids is 2. The Morgan fingerprint density at radius 3 is 2.00 bits per heavy atom. The summed E-state index contributed by atoms with van der Waals surface area (Å²) in [5.74, 6) is -1.21. The fraction of sp³-hybridized carbons (Fsp3) is 0.333. The number of hydrogen-bond donors (Lipinski definition) is 1. The smallest absolute Gasteiger partial charge is 0.336 e. The van der Waals surface area contributed by atoms with E-state index in [0.29, 0.717) is 28.3 Å². The lowest BCUT2D eigenvalue weighted by Crippen LogP contribution is -2.31. The Morgan fingerprint density at radius 1 is 1.10 bits per heavy atom. The normalized spacial score (nSPS) is 15.8. The predicted molar refractivity (Wildman–Crippen MR) is 74.0 cm³/mol. The van der Waals surface area contributed by atoms with Crippen molar-refractivity contribution in [1.29, 1.82) is 0 Å². The van der Waals surface area contributed by atoms with Crippen LogP contribution < -0.4 is 5.32 Å². The first-order valence-electron chi connectivity index (χ1n) is 6.39. The fourth-order valence-electron chi connectivity index (χ4n) is 2.50. The molecule has 0 radical (unpaired) electrons. The molecule has 1 aromatic rings. The molecule has 0 spiro atoms. The lowest BCUT2D eigenvalue weighted by molar-refractivity contribution is -0.137. The minimum atomic E-state index is -0.652. The predicted octanol–water partition coefficient (Wildman–Crippen LogP) is 1.86. The quantitative estimate of drug-likeness (QED) is 0.856. The van der Waals surface area contributed by atoms with Crippen LogP contribution in [0.4, 0.5) is 0 Å². The van der Waals surface area contributed by atoms with Crippen molar-refractivity contribution < 1.29 is 23.5 Å². The van der Waals surface area contributed by atoms with Crippen LogP contribution in [0.5, 0.6) is 0 Å². The summed E-state index contributed by atoms with van der Waals surface area (Å²) in [6, 6.07) is 3.41. The maximum Gasteiger partial charge on any atom is 0.336 e. The Balaban J connectivity index is 2.63. The summed E-state index contributed by atoms with van der Waals surface area (Å²) < 4.78 is 15.1. The van der Waals surface area contributed by atoms with Gasteiger partial charge < -0.3 is 19.2 Å². The van der Waals surface area contributed by atoms with Crippen molar-refractivity contribution in [2.24, 2.45) is 0 Å². The molecule has 1 aliphatic rings. The second kappa shape index (κ2) is 5.87. The molecule has 0 saturated heterocycles. The van der Waals surface area contributed by atoms with Gasteiger partial charge in [0.25, 0.3) is 0 Å². The highest BCUT2D eigenvalue weighted by molar-refractivity contribution is 5.99. The first-order valence-corrected chi connectivity index (χ1v) is 6.39.